The molecule has 0 radical (unpaired) electrons. The van der Waals surface area contributed by atoms with E-state index in [4.69, 9.17) is 4.98 Å². The normalized spacial score (nSPS) is 17.5. The van der Waals surface area contributed by atoms with Gasteiger partial charge in [0.15, 0.2) is 0 Å². The maximum atomic E-state index is 12.5. The summed E-state index contributed by atoms with van der Waals surface area (Å²) in [4.78, 5) is 42.7. The maximum absolute atomic E-state index is 12.5. The average Bonchev–Trinajstić information content (AvgIpc) is 3.36. The Bertz CT molecular complexity index is 1320. The number of carbonyl (C=O) groups excluding carboxylic acids is 2. The van der Waals surface area contributed by atoms with Gasteiger partial charge < -0.3 is 9.88 Å². The predicted molar refractivity (Wildman–Crippen MR) is 106 cm³/mol. The van der Waals surface area contributed by atoms with Crippen molar-refractivity contribution in [1.29, 1.82) is 0 Å². The van der Waals surface area contributed by atoms with E-state index >= 15 is 0 Å². The lowest BCUT2D eigenvalue weighted by atomic mass is 9.95. The molecule has 0 saturated carbocycles. The molecule has 1 atom stereocenters. The Hall–Kier alpha value is -3.81. The zero-order valence-electron chi connectivity index (χ0n) is 15.6. The first-order valence-electron chi connectivity index (χ1n) is 9.35. The molecule has 1 spiro atoms. The van der Waals surface area contributed by atoms with Gasteiger partial charge in [0, 0.05) is 37.8 Å². The molecule has 6 rings (SSSR count). The number of imide groups is 1. The highest BCUT2D eigenvalue weighted by atomic mass is 16.2. The summed E-state index contributed by atoms with van der Waals surface area (Å²) in [5.74, 6) is 0.535. The molecule has 8 nitrogen and oxygen atoms in total. The standard InChI is InChI=1S/C21H16N6O2/c1-27-20(29)26-19(28)21(27)9-12-7-16-17(8-13(12)10-21)25-18(24-16)11-2-3-14-15(6-11)23-5-4-22-14/h2-8H,9-10H2,1H3,(H,24,25)(H,26,28,29). The SMILES string of the molecule is CN1C(=O)NC(=O)C12Cc1cc3nc(-c4ccc5nccnc5c4)[nH]c3cc1C2. The maximum Gasteiger partial charge on any atom is 0.324 e. The first kappa shape index (κ1) is 16.2. The molecule has 2 N–H and O–H groups in total. The molecule has 0 bridgehead atoms. The number of benzene rings is 2. The number of rotatable bonds is 1. The monoisotopic (exact) mass is 384 g/mol. The molecule has 3 amide bonds. The molecule has 1 aliphatic heterocycles. The Morgan fingerprint density at radius 2 is 1.72 bits per heavy atom. The molecule has 142 valence electrons. The van der Waals surface area contributed by atoms with Crippen molar-refractivity contribution in [3.8, 4) is 11.4 Å². The predicted octanol–water partition coefficient (Wildman–Crippen LogP) is 2.19. The number of likely N-dealkylation sites (N-methyl/N-ethyl adjacent to an activating group) is 1. The third kappa shape index (κ3) is 2.16. The largest absolute Gasteiger partial charge is 0.338 e. The summed E-state index contributed by atoms with van der Waals surface area (Å²) >= 11 is 0. The van der Waals surface area contributed by atoms with Gasteiger partial charge >= 0.3 is 6.03 Å². The smallest absolute Gasteiger partial charge is 0.324 e. The van der Waals surface area contributed by atoms with Crippen molar-refractivity contribution < 1.29 is 9.59 Å². The van der Waals surface area contributed by atoms with E-state index in [0.717, 1.165) is 44.6 Å². The molecule has 3 heterocycles. The van der Waals surface area contributed by atoms with Gasteiger partial charge in [0.2, 0.25) is 0 Å². The van der Waals surface area contributed by atoms with Crippen LogP contribution >= 0.6 is 0 Å². The van der Waals surface area contributed by atoms with Gasteiger partial charge in [-0.25, -0.2) is 9.78 Å². The van der Waals surface area contributed by atoms with Crippen LogP contribution in [-0.4, -0.2) is 49.4 Å². The van der Waals surface area contributed by atoms with Gasteiger partial charge in [-0.05, 0) is 41.5 Å². The number of nitrogens with zero attached hydrogens (tertiary/aromatic N) is 4. The minimum atomic E-state index is -0.821. The zero-order valence-corrected chi connectivity index (χ0v) is 15.6. The topological polar surface area (TPSA) is 104 Å². The number of urea groups is 1. The Morgan fingerprint density at radius 1 is 0.966 bits per heavy atom. The van der Waals surface area contributed by atoms with Crippen LogP contribution in [0.4, 0.5) is 4.79 Å². The van der Waals surface area contributed by atoms with Gasteiger partial charge in [0.05, 0.1) is 22.1 Å². The van der Waals surface area contributed by atoms with Crippen molar-refractivity contribution in [2.24, 2.45) is 0 Å². The molecule has 8 heteroatoms. The Kier molecular flexibility index (Phi) is 3.00. The molecule has 29 heavy (non-hydrogen) atoms. The van der Waals surface area contributed by atoms with Crippen LogP contribution in [0.1, 0.15) is 11.1 Å². The molecule has 4 aromatic rings. The van der Waals surface area contributed by atoms with E-state index in [1.165, 1.54) is 4.90 Å². The summed E-state index contributed by atoms with van der Waals surface area (Å²) in [5.41, 5.74) is 5.62. The molecular weight excluding hydrogens is 368 g/mol. The van der Waals surface area contributed by atoms with E-state index < -0.39 is 5.54 Å². The number of fused-ring (bicyclic) bond motifs is 3. The van der Waals surface area contributed by atoms with Gasteiger partial charge in [-0.3, -0.25) is 20.1 Å². The Balaban J connectivity index is 1.41. The lowest BCUT2D eigenvalue weighted by molar-refractivity contribution is -0.125. The Morgan fingerprint density at radius 3 is 2.48 bits per heavy atom. The second kappa shape index (κ2) is 5.38. The van der Waals surface area contributed by atoms with Crippen LogP contribution in [0.25, 0.3) is 33.5 Å². The van der Waals surface area contributed by atoms with Crippen LogP contribution in [0, 0.1) is 0 Å². The lowest BCUT2D eigenvalue weighted by Crippen LogP contribution is -2.48. The number of hydrogen-bond donors (Lipinski definition) is 2. The highest BCUT2D eigenvalue weighted by Crippen LogP contribution is 2.38. The van der Waals surface area contributed by atoms with Crippen molar-refractivity contribution >= 4 is 34.0 Å². The Labute approximate surface area is 165 Å². The van der Waals surface area contributed by atoms with Gasteiger partial charge in [0.25, 0.3) is 5.91 Å². The van der Waals surface area contributed by atoms with E-state index in [1.54, 1.807) is 19.4 Å². The van der Waals surface area contributed by atoms with Crippen molar-refractivity contribution in [3.05, 3.63) is 53.9 Å². The minimum absolute atomic E-state index is 0.226. The lowest BCUT2D eigenvalue weighted by Gasteiger charge is -2.27. The van der Waals surface area contributed by atoms with Crippen LogP contribution in [0.2, 0.25) is 0 Å². The summed E-state index contributed by atoms with van der Waals surface area (Å²) in [6, 6.07) is 9.59. The number of imidazole rings is 1. The van der Waals surface area contributed by atoms with Gasteiger partial charge in [0.1, 0.15) is 11.4 Å². The second-order valence-electron chi connectivity index (χ2n) is 7.69. The van der Waals surface area contributed by atoms with Crippen LogP contribution in [-0.2, 0) is 17.6 Å². The number of nitrogens with one attached hydrogen (secondary N) is 2. The summed E-state index contributed by atoms with van der Waals surface area (Å²) in [5, 5.41) is 2.43. The quantitative estimate of drug-likeness (QED) is 0.490. The number of H-pyrrole nitrogens is 1. The van der Waals surface area contributed by atoms with Crippen LogP contribution in [0.3, 0.4) is 0 Å². The summed E-state index contributed by atoms with van der Waals surface area (Å²) in [6.45, 7) is 0. The first-order valence-corrected chi connectivity index (χ1v) is 9.35. The van der Waals surface area contributed by atoms with Crippen molar-refractivity contribution in [1.82, 2.24) is 30.2 Å². The molecule has 1 aliphatic carbocycles. The molecule has 1 unspecified atom stereocenters. The van der Waals surface area contributed by atoms with Gasteiger partial charge in [-0.15, -0.1) is 0 Å². The van der Waals surface area contributed by atoms with Crippen molar-refractivity contribution in [3.63, 3.8) is 0 Å². The third-order valence-corrected chi connectivity index (χ3v) is 6.10. The van der Waals surface area contributed by atoms with Crippen LogP contribution in [0.15, 0.2) is 42.7 Å². The summed E-state index contributed by atoms with van der Waals surface area (Å²) < 4.78 is 0. The number of aromatic amines is 1. The molecule has 1 saturated heterocycles. The van der Waals surface area contributed by atoms with Gasteiger partial charge in [-0.2, -0.15) is 0 Å². The molecule has 2 aliphatic rings. The first-order chi connectivity index (χ1) is 14.0. The van der Waals surface area contributed by atoms with Crippen LogP contribution < -0.4 is 5.32 Å². The van der Waals surface area contributed by atoms with E-state index in [1.807, 2.05) is 30.3 Å². The third-order valence-electron chi connectivity index (χ3n) is 6.10. The summed E-state index contributed by atoms with van der Waals surface area (Å²) in [6.07, 6.45) is 4.35. The molecule has 2 aromatic heterocycles. The number of hydrogen-bond acceptors (Lipinski definition) is 5. The highest BCUT2D eigenvalue weighted by molar-refractivity contribution is 6.07. The fourth-order valence-electron chi connectivity index (χ4n) is 4.46. The van der Waals surface area contributed by atoms with E-state index in [2.05, 4.69) is 20.3 Å². The molecule has 1 fully saturated rings. The molecule has 2 aromatic carbocycles. The second-order valence-corrected chi connectivity index (χ2v) is 7.69. The fraction of sp³-hybridized carbons (Fsp3) is 0.190. The molecular formula is C21H16N6O2. The van der Waals surface area contributed by atoms with Crippen molar-refractivity contribution in [2.45, 2.75) is 18.4 Å². The van der Waals surface area contributed by atoms with Crippen molar-refractivity contribution in [2.75, 3.05) is 7.05 Å². The fourth-order valence-corrected chi connectivity index (χ4v) is 4.46. The van der Waals surface area contributed by atoms with E-state index in [-0.39, 0.29) is 11.9 Å². The number of carbonyl (C=O) groups is 2. The zero-order chi connectivity index (χ0) is 19.8. The van der Waals surface area contributed by atoms with Crippen LogP contribution in [0.5, 0.6) is 0 Å². The number of amides is 3. The average molecular weight is 384 g/mol. The van der Waals surface area contributed by atoms with Gasteiger partial charge in [-0.1, -0.05) is 0 Å². The minimum Gasteiger partial charge on any atom is -0.338 e. The van der Waals surface area contributed by atoms with E-state index in [9.17, 15) is 9.59 Å². The highest BCUT2D eigenvalue weighted by Gasteiger charge is 2.54. The summed E-state index contributed by atoms with van der Waals surface area (Å²) in [7, 11) is 1.68. The van der Waals surface area contributed by atoms with E-state index in [0.29, 0.717) is 12.8 Å². The number of aromatic nitrogens is 4.